The molecule has 9 nitrogen and oxygen atoms in total. The average molecular weight is 408 g/mol. The van der Waals surface area contributed by atoms with Gasteiger partial charge in [-0.1, -0.05) is 0 Å². The maximum Gasteiger partial charge on any atom is 0.350 e. The van der Waals surface area contributed by atoms with E-state index in [1.165, 1.54) is 13.3 Å². The van der Waals surface area contributed by atoms with E-state index < -0.39 is 11.2 Å². The first-order chi connectivity index (χ1) is 14.5. The molecule has 0 saturated carbocycles. The van der Waals surface area contributed by atoms with E-state index in [0.717, 1.165) is 4.68 Å². The summed E-state index contributed by atoms with van der Waals surface area (Å²) >= 11 is 0. The van der Waals surface area contributed by atoms with Crippen molar-refractivity contribution in [2.24, 2.45) is 5.10 Å². The van der Waals surface area contributed by atoms with Gasteiger partial charge in [-0.05, 0) is 48.9 Å². The van der Waals surface area contributed by atoms with E-state index in [1.54, 1.807) is 43.5 Å². The lowest BCUT2D eigenvalue weighted by Gasteiger charge is -2.09. The van der Waals surface area contributed by atoms with E-state index in [9.17, 15) is 9.59 Å². The van der Waals surface area contributed by atoms with E-state index in [0.29, 0.717) is 45.8 Å². The van der Waals surface area contributed by atoms with E-state index in [2.05, 4.69) is 15.1 Å². The summed E-state index contributed by atoms with van der Waals surface area (Å²) in [5.41, 5.74) is 0.801. The highest BCUT2D eigenvalue weighted by Gasteiger charge is 2.13. The van der Waals surface area contributed by atoms with Gasteiger partial charge in [0.25, 0.3) is 0 Å². The number of ether oxygens (including phenoxy) is 3. The average Bonchev–Trinajstić information content (AvgIpc) is 3.12. The number of rotatable bonds is 6. The molecule has 0 atom stereocenters. The minimum atomic E-state index is -0.648. The van der Waals surface area contributed by atoms with E-state index >= 15 is 0 Å². The van der Waals surface area contributed by atoms with Gasteiger partial charge in [-0.3, -0.25) is 4.79 Å². The molecule has 2 aromatic carbocycles. The molecule has 0 aliphatic rings. The second kappa shape index (κ2) is 7.78. The fourth-order valence-corrected chi connectivity index (χ4v) is 3.21. The van der Waals surface area contributed by atoms with Crippen molar-refractivity contribution in [3.8, 4) is 17.2 Å². The van der Waals surface area contributed by atoms with Crippen molar-refractivity contribution in [3.05, 3.63) is 62.8 Å². The molecule has 0 unspecified atom stereocenters. The van der Waals surface area contributed by atoms with Gasteiger partial charge in [0.1, 0.15) is 11.3 Å². The molecule has 2 aromatic heterocycles. The van der Waals surface area contributed by atoms with Gasteiger partial charge >= 0.3 is 11.2 Å². The highest BCUT2D eigenvalue weighted by molar-refractivity contribution is 6.04. The summed E-state index contributed by atoms with van der Waals surface area (Å²) in [6, 6.07) is 10.5. The maximum absolute atomic E-state index is 12.9. The highest BCUT2D eigenvalue weighted by Crippen LogP contribution is 2.27. The number of hydrogen-bond acceptors (Lipinski definition) is 6. The molecular weight excluding hydrogens is 388 g/mol. The number of H-pyrrole nitrogens is 2. The van der Waals surface area contributed by atoms with Crippen LogP contribution in [0.25, 0.3) is 21.9 Å². The lowest BCUT2D eigenvalue weighted by Crippen LogP contribution is -2.32. The predicted molar refractivity (Wildman–Crippen MR) is 114 cm³/mol. The molecule has 0 aliphatic heterocycles. The number of aromatic nitrogens is 3. The monoisotopic (exact) mass is 408 g/mol. The smallest absolute Gasteiger partial charge is 0.350 e. The molecule has 0 spiro atoms. The Morgan fingerprint density at radius 2 is 1.83 bits per heavy atom. The molecule has 9 heteroatoms. The number of aromatic amines is 2. The summed E-state index contributed by atoms with van der Waals surface area (Å²) < 4.78 is 16.8. The van der Waals surface area contributed by atoms with Crippen LogP contribution >= 0.6 is 0 Å². The molecule has 0 bridgehead atoms. The SMILES string of the molecule is CCOc1ccc(C=Nn2c(=O)[nH]c3c([nH]c4ccc(OC)cc43)c2=O)cc1OC. The largest absolute Gasteiger partial charge is 0.497 e. The number of benzene rings is 2. The topological polar surface area (TPSA) is 111 Å². The van der Waals surface area contributed by atoms with Gasteiger partial charge in [-0.15, -0.1) is 4.68 Å². The summed E-state index contributed by atoms with van der Waals surface area (Å²) in [6.45, 7) is 2.38. The quantitative estimate of drug-likeness (QED) is 0.476. The highest BCUT2D eigenvalue weighted by atomic mass is 16.5. The summed E-state index contributed by atoms with van der Waals surface area (Å²) in [4.78, 5) is 31.2. The molecule has 0 saturated heterocycles. The predicted octanol–water partition coefficient (Wildman–Crippen LogP) is 2.47. The van der Waals surface area contributed by atoms with Crippen LogP contribution in [0.4, 0.5) is 0 Å². The van der Waals surface area contributed by atoms with Crippen molar-refractivity contribution < 1.29 is 14.2 Å². The second-order valence-corrected chi connectivity index (χ2v) is 6.42. The van der Waals surface area contributed by atoms with Gasteiger partial charge in [0, 0.05) is 10.9 Å². The van der Waals surface area contributed by atoms with Crippen LogP contribution < -0.4 is 25.5 Å². The minimum Gasteiger partial charge on any atom is -0.497 e. The minimum absolute atomic E-state index is 0.249. The number of methoxy groups -OCH3 is 2. The lowest BCUT2D eigenvalue weighted by atomic mass is 10.2. The zero-order valence-corrected chi connectivity index (χ0v) is 16.7. The molecule has 0 radical (unpaired) electrons. The molecule has 4 aromatic rings. The second-order valence-electron chi connectivity index (χ2n) is 6.42. The Kier molecular flexibility index (Phi) is 5.01. The molecule has 4 rings (SSSR count). The van der Waals surface area contributed by atoms with Crippen molar-refractivity contribution in [3.63, 3.8) is 0 Å². The zero-order chi connectivity index (χ0) is 21.3. The molecular formula is C21H20N4O5. The lowest BCUT2D eigenvalue weighted by molar-refractivity contribution is 0.311. The summed E-state index contributed by atoms with van der Waals surface area (Å²) in [5, 5.41) is 4.76. The van der Waals surface area contributed by atoms with E-state index in [-0.39, 0.29) is 5.52 Å². The third-order valence-corrected chi connectivity index (χ3v) is 4.65. The van der Waals surface area contributed by atoms with Gasteiger partial charge in [0.15, 0.2) is 11.5 Å². The normalized spacial score (nSPS) is 11.4. The van der Waals surface area contributed by atoms with Crippen molar-refractivity contribution in [1.82, 2.24) is 14.6 Å². The van der Waals surface area contributed by atoms with Crippen molar-refractivity contribution in [2.45, 2.75) is 6.92 Å². The first kappa shape index (κ1) is 19.3. The van der Waals surface area contributed by atoms with Crippen molar-refractivity contribution >= 4 is 28.2 Å². The molecule has 2 N–H and O–H groups in total. The Hall–Kier alpha value is -4.01. The summed E-state index contributed by atoms with van der Waals surface area (Å²) in [5.74, 6) is 1.75. The van der Waals surface area contributed by atoms with Crippen LogP contribution in [0.1, 0.15) is 12.5 Å². The van der Waals surface area contributed by atoms with Crippen molar-refractivity contribution in [1.29, 1.82) is 0 Å². The fourth-order valence-electron chi connectivity index (χ4n) is 3.21. The number of nitrogens with zero attached hydrogens (tertiary/aromatic N) is 2. The van der Waals surface area contributed by atoms with Crippen LogP contribution in [0.15, 0.2) is 51.1 Å². The van der Waals surface area contributed by atoms with Crippen LogP contribution in [0.3, 0.4) is 0 Å². The van der Waals surface area contributed by atoms with Crippen LogP contribution in [0, 0.1) is 0 Å². The van der Waals surface area contributed by atoms with Gasteiger partial charge in [-0.25, -0.2) is 4.79 Å². The van der Waals surface area contributed by atoms with Crippen molar-refractivity contribution in [2.75, 3.05) is 20.8 Å². The molecule has 0 aliphatic carbocycles. The first-order valence-corrected chi connectivity index (χ1v) is 9.25. The Labute approximate surface area is 170 Å². The number of hydrogen-bond donors (Lipinski definition) is 2. The summed E-state index contributed by atoms with van der Waals surface area (Å²) in [6.07, 6.45) is 1.41. The molecule has 154 valence electrons. The zero-order valence-electron chi connectivity index (χ0n) is 16.7. The third-order valence-electron chi connectivity index (χ3n) is 4.65. The Morgan fingerprint density at radius 3 is 2.57 bits per heavy atom. The van der Waals surface area contributed by atoms with Crippen LogP contribution in [0.5, 0.6) is 17.2 Å². The fraction of sp³-hybridized carbons (Fsp3) is 0.190. The number of nitrogens with one attached hydrogen (secondary N) is 2. The first-order valence-electron chi connectivity index (χ1n) is 9.25. The van der Waals surface area contributed by atoms with Gasteiger partial charge < -0.3 is 24.2 Å². The Morgan fingerprint density at radius 1 is 1.00 bits per heavy atom. The number of fused-ring (bicyclic) bond motifs is 3. The van der Waals surface area contributed by atoms with E-state index in [1.807, 2.05) is 6.92 Å². The van der Waals surface area contributed by atoms with Crippen LogP contribution in [-0.2, 0) is 0 Å². The van der Waals surface area contributed by atoms with Gasteiger partial charge in [0.2, 0.25) is 0 Å². The van der Waals surface area contributed by atoms with Crippen LogP contribution in [0.2, 0.25) is 0 Å². The third kappa shape index (κ3) is 3.30. The molecule has 30 heavy (non-hydrogen) atoms. The molecule has 0 amide bonds. The maximum atomic E-state index is 12.9. The summed E-state index contributed by atoms with van der Waals surface area (Å²) in [7, 11) is 3.09. The standard InChI is InChI=1S/C21H20N4O5/c1-4-30-16-8-5-12(9-17(16)29-3)11-22-25-20(26)19-18(24-21(25)27)14-10-13(28-2)6-7-15(14)23-19/h5-11,23H,4H2,1-3H3,(H,24,27). The Balaban J connectivity index is 1.79. The van der Waals surface area contributed by atoms with Crippen LogP contribution in [-0.4, -0.2) is 41.7 Å². The van der Waals surface area contributed by atoms with E-state index in [4.69, 9.17) is 14.2 Å². The Bertz CT molecular complexity index is 1380. The van der Waals surface area contributed by atoms with Gasteiger partial charge in [-0.2, -0.15) is 5.10 Å². The molecule has 0 fully saturated rings. The van der Waals surface area contributed by atoms with Gasteiger partial charge in [0.05, 0.1) is 32.6 Å². The molecule has 2 heterocycles.